The quantitative estimate of drug-likeness (QED) is 0.631. The third kappa shape index (κ3) is 6.90. The number of aryl methyl sites for hydroxylation is 1. The van der Waals surface area contributed by atoms with Gasteiger partial charge < -0.3 is 19.3 Å². The Labute approximate surface area is 183 Å². The van der Waals surface area contributed by atoms with Crippen LogP contribution in [0.25, 0.3) is 0 Å². The molecule has 1 N–H and O–H groups in total. The summed E-state index contributed by atoms with van der Waals surface area (Å²) in [5.74, 6) is -2.72. The lowest BCUT2D eigenvalue weighted by Crippen LogP contribution is -2.48. The first kappa shape index (κ1) is 26.1. The van der Waals surface area contributed by atoms with Crippen LogP contribution in [-0.2, 0) is 37.8 Å². The number of amides is 1. The summed E-state index contributed by atoms with van der Waals surface area (Å²) < 4.78 is 62.6. The average Bonchev–Trinajstić information content (AvgIpc) is 3.12. The molecule has 10 nitrogen and oxygen atoms in total. The fourth-order valence-corrected chi connectivity index (χ4v) is 4.29. The van der Waals surface area contributed by atoms with E-state index in [1.165, 1.54) is 0 Å². The summed E-state index contributed by atoms with van der Waals surface area (Å²) in [7, 11) is -1.12. The molecule has 0 aliphatic carbocycles. The number of alkyl halides is 3. The van der Waals surface area contributed by atoms with E-state index in [-0.39, 0.29) is 23.3 Å². The SMILES string of the molecule is CCS(=O)(=O)CCN1Cc2ncn(C)c2C(C(=O)N2CCOCC2)C1.O=C(O)C(F)(F)F. The summed E-state index contributed by atoms with van der Waals surface area (Å²) in [4.78, 5) is 30.3. The van der Waals surface area contributed by atoms with E-state index in [1.807, 2.05) is 21.4 Å². The molecule has 2 aliphatic rings. The third-order valence-electron chi connectivity index (χ3n) is 5.23. The standard InChI is InChI=1S/C16H26N4O4S.C2HF3O2/c1-3-25(22,23)9-6-19-10-13(15-14(11-19)17-12-18(15)2)16(21)20-4-7-24-8-5-20;3-2(4,5)1(6)7/h12-13H,3-11H2,1-2H3;(H,6,7). The molecular formula is C18H27F3N4O6S. The lowest BCUT2D eigenvalue weighted by Gasteiger charge is -2.36. The van der Waals surface area contributed by atoms with Crippen LogP contribution in [0.2, 0.25) is 0 Å². The molecule has 1 saturated heterocycles. The number of morpholine rings is 1. The number of carboxylic acids is 1. The highest BCUT2D eigenvalue weighted by Gasteiger charge is 2.38. The second kappa shape index (κ2) is 10.6. The summed E-state index contributed by atoms with van der Waals surface area (Å²) in [6.07, 6.45) is -3.35. The van der Waals surface area contributed by atoms with E-state index >= 15 is 0 Å². The van der Waals surface area contributed by atoms with Crippen LogP contribution in [0.5, 0.6) is 0 Å². The smallest absolute Gasteiger partial charge is 0.475 e. The van der Waals surface area contributed by atoms with Gasteiger partial charge in [0.15, 0.2) is 9.84 Å². The van der Waals surface area contributed by atoms with Gasteiger partial charge in [0.1, 0.15) is 0 Å². The first-order chi connectivity index (χ1) is 14.9. The zero-order valence-electron chi connectivity index (χ0n) is 17.8. The number of ether oxygens (including phenoxy) is 1. The van der Waals surface area contributed by atoms with Crippen LogP contribution >= 0.6 is 0 Å². The molecule has 1 atom stereocenters. The second-order valence-corrected chi connectivity index (χ2v) is 9.92. The van der Waals surface area contributed by atoms with Crippen molar-refractivity contribution in [1.29, 1.82) is 0 Å². The second-order valence-electron chi connectivity index (χ2n) is 7.45. The number of fused-ring (bicyclic) bond motifs is 1. The van der Waals surface area contributed by atoms with Gasteiger partial charge in [-0.05, 0) is 0 Å². The first-order valence-electron chi connectivity index (χ1n) is 9.95. The third-order valence-corrected chi connectivity index (χ3v) is 6.91. The molecule has 0 saturated carbocycles. The highest BCUT2D eigenvalue weighted by atomic mass is 32.2. The first-order valence-corrected chi connectivity index (χ1v) is 11.8. The van der Waals surface area contributed by atoms with Crippen LogP contribution in [0.1, 0.15) is 24.2 Å². The fourth-order valence-electron chi connectivity index (χ4n) is 3.46. The Morgan fingerprint density at radius 1 is 1.28 bits per heavy atom. The van der Waals surface area contributed by atoms with Crippen molar-refractivity contribution in [3.05, 3.63) is 17.7 Å². The molecule has 1 aromatic heterocycles. The molecule has 1 unspecified atom stereocenters. The van der Waals surface area contributed by atoms with Gasteiger partial charge in [0.2, 0.25) is 5.91 Å². The van der Waals surface area contributed by atoms with Gasteiger partial charge in [-0.25, -0.2) is 18.2 Å². The van der Waals surface area contributed by atoms with Gasteiger partial charge in [-0.1, -0.05) is 6.92 Å². The van der Waals surface area contributed by atoms with Crippen LogP contribution in [0, 0.1) is 0 Å². The van der Waals surface area contributed by atoms with E-state index in [2.05, 4.69) is 4.98 Å². The van der Waals surface area contributed by atoms with Gasteiger partial charge in [0.25, 0.3) is 0 Å². The van der Waals surface area contributed by atoms with Crippen molar-refractivity contribution in [2.75, 3.05) is 50.9 Å². The van der Waals surface area contributed by atoms with Gasteiger partial charge >= 0.3 is 12.1 Å². The van der Waals surface area contributed by atoms with Gasteiger partial charge in [-0.3, -0.25) is 9.69 Å². The molecule has 0 aromatic carbocycles. The molecule has 0 bridgehead atoms. The molecule has 3 rings (SSSR count). The minimum absolute atomic E-state index is 0.0798. The van der Waals surface area contributed by atoms with Gasteiger partial charge in [0, 0.05) is 45.5 Å². The van der Waals surface area contributed by atoms with E-state index in [9.17, 15) is 26.4 Å². The van der Waals surface area contributed by atoms with Crippen LogP contribution in [0.15, 0.2) is 6.33 Å². The Hall–Kier alpha value is -2.19. The highest BCUT2D eigenvalue weighted by molar-refractivity contribution is 7.91. The Morgan fingerprint density at radius 3 is 2.41 bits per heavy atom. The van der Waals surface area contributed by atoms with E-state index < -0.39 is 22.0 Å². The Morgan fingerprint density at radius 2 is 1.88 bits per heavy atom. The molecule has 0 spiro atoms. The van der Waals surface area contributed by atoms with Crippen molar-refractivity contribution in [2.45, 2.75) is 25.6 Å². The summed E-state index contributed by atoms with van der Waals surface area (Å²) in [6, 6.07) is 0. The van der Waals surface area contributed by atoms with Gasteiger partial charge in [-0.2, -0.15) is 13.2 Å². The maximum absolute atomic E-state index is 13.1. The van der Waals surface area contributed by atoms with Gasteiger partial charge in [-0.15, -0.1) is 0 Å². The molecule has 32 heavy (non-hydrogen) atoms. The topological polar surface area (TPSA) is 122 Å². The lowest BCUT2D eigenvalue weighted by atomic mass is 9.96. The molecule has 182 valence electrons. The van der Waals surface area contributed by atoms with Gasteiger partial charge in [0.05, 0.1) is 42.6 Å². The largest absolute Gasteiger partial charge is 0.490 e. The monoisotopic (exact) mass is 484 g/mol. The van der Waals surface area contributed by atoms with Crippen molar-refractivity contribution in [2.24, 2.45) is 7.05 Å². The predicted octanol–water partition coefficient (Wildman–Crippen LogP) is 0.246. The molecule has 1 aromatic rings. The number of aliphatic carboxylic acids is 1. The number of carbonyl (C=O) groups is 2. The molecule has 2 aliphatic heterocycles. The fraction of sp³-hybridized carbons (Fsp3) is 0.722. The van der Waals surface area contributed by atoms with Crippen LogP contribution in [-0.4, -0.2) is 102 Å². The zero-order valence-corrected chi connectivity index (χ0v) is 18.7. The number of halogens is 3. The number of hydrogen-bond donors (Lipinski definition) is 1. The maximum Gasteiger partial charge on any atom is 0.490 e. The predicted molar refractivity (Wildman–Crippen MR) is 107 cm³/mol. The number of aromatic nitrogens is 2. The molecule has 1 fully saturated rings. The number of rotatable bonds is 5. The van der Waals surface area contributed by atoms with Crippen molar-refractivity contribution in [1.82, 2.24) is 19.4 Å². The number of carbonyl (C=O) groups excluding carboxylic acids is 1. The summed E-state index contributed by atoms with van der Waals surface area (Å²) in [5, 5.41) is 7.12. The Kier molecular flexibility index (Phi) is 8.65. The van der Waals surface area contributed by atoms with Crippen LogP contribution in [0.4, 0.5) is 13.2 Å². The van der Waals surface area contributed by atoms with Crippen molar-refractivity contribution >= 4 is 21.7 Å². The van der Waals surface area contributed by atoms with E-state index in [4.69, 9.17) is 14.6 Å². The number of hydrogen-bond acceptors (Lipinski definition) is 7. The lowest BCUT2D eigenvalue weighted by molar-refractivity contribution is -0.192. The summed E-state index contributed by atoms with van der Waals surface area (Å²) in [5.41, 5.74) is 1.82. The molecule has 0 radical (unpaired) electrons. The van der Waals surface area contributed by atoms with E-state index in [1.54, 1.807) is 13.3 Å². The van der Waals surface area contributed by atoms with Crippen molar-refractivity contribution in [3.63, 3.8) is 0 Å². The number of carboxylic acid groups (broad SMARTS) is 1. The normalized spacial score (nSPS) is 19.7. The molecule has 14 heteroatoms. The van der Waals surface area contributed by atoms with E-state index in [0.29, 0.717) is 45.9 Å². The summed E-state index contributed by atoms with van der Waals surface area (Å²) in [6.45, 7) is 5.54. The zero-order chi connectivity index (χ0) is 24.1. The minimum Gasteiger partial charge on any atom is -0.475 e. The molecule has 3 heterocycles. The van der Waals surface area contributed by atoms with Crippen LogP contribution in [0.3, 0.4) is 0 Å². The molecular weight excluding hydrogens is 457 g/mol. The minimum atomic E-state index is -5.08. The van der Waals surface area contributed by atoms with Crippen molar-refractivity contribution < 1.29 is 41.0 Å². The number of nitrogens with zero attached hydrogens (tertiary/aromatic N) is 4. The Bertz CT molecular complexity index is 912. The average molecular weight is 484 g/mol. The summed E-state index contributed by atoms with van der Waals surface area (Å²) >= 11 is 0. The van der Waals surface area contributed by atoms with Crippen LogP contribution < -0.4 is 0 Å². The van der Waals surface area contributed by atoms with Crippen molar-refractivity contribution in [3.8, 4) is 0 Å². The van der Waals surface area contributed by atoms with E-state index in [0.717, 1.165) is 11.4 Å². The molecule has 1 amide bonds. The number of sulfone groups is 1. The maximum atomic E-state index is 13.1. The Balaban J connectivity index is 0.000000451. The number of imidazole rings is 1. The highest BCUT2D eigenvalue weighted by Crippen LogP contribution is 2.29.